The number of sulfonamides is 1. The molecule has 1 spiro atoms. The van der Waals surface area contributed by atoms with Gasteiger partial charge >= 0.3 is 16.0 Å². The summed E-state index contributed by atoms with van der Waals surface area (Å²) in [6.45, 7) is 5.92. The van der Waals surface area contributed by atoms with E-state index in [9.17, 15) is 22.8 Å². The van der Waals surface area contributed by atoms with Crippen molar-refractivity contribution >= 4 is 38.8 Å². The first-order valence-corrected chi connectivity index (χ1v) is 13.5. The minimum absolute atomic E-state index is 0.0504. The number of amides is 1. The molecule has 1 aromatic carbocycles. The number of benzene rings is 1. The summed E-state index contributed by atoms with van der Waals surface area (Å²) in [7, 11) is -4.36. The Balaban J connectivity index is 1.61. The van der Waals surface area contributed by atoms with Gasteiger partial charge in [-0.2, -0.15) is 8.42 Å². The summed E-state index contributed by atoms with van der Waals surface area (Å²) in [5, 5.41) is -1.22. The number of hydrogen-bond donors (Lipinski definition) is 0. The van der Waals surface area contributed by atoms with Gasteiger partial charge in [0.2, 0.25) is 5.91 Å². The SMILES string of the molecule is CCOC(=O)CSC(CC(=O)N1[C@@H]2C[C@H]3CC[C@]2(C(=O)S1(=O)=O)C3(C)C)c1ccccc1. The highest BCUT2D eigenvalue weighted by Gasteiger charge is 2.77. The van der Waals surface area contributed by atoms with Crippen molar-refractivity contribution in [1.82, 2.24) is 4.31 Å². The van der Waals surface area contributed by atoms with Crippen LogP contribution in [0.3, 0.4) is 0 Å². The molecule has 1 saturated heterocycles. The summed E-state index contributed by atoms with van der Waals surface area (Å²) in [4.78, 5) is 38.6. The van der Waals surface area contributed by atoms with Crippen LogP contribution in [0.4, 0.5) is 0 Å². The van der Waals surface area contributed by atoms with Gasteiger partial charge in [-0.15, -0.1) is 11.8 Å². The normalized spacial score (nSPS) is 30.2. The van der Waals surface area contributed by atoms with Crippen LogP contribution in [0.15, 0.2) is 30.3 Å². The van der Waals surface area contributed by atoms with Gasteiger partial charge < -0.3 is 4.74 Å². The number of esters is 1. The van der Waals surface area contributed by atoms with Crippen molar-refractivity contribution in [3.8, 4) is 0 Å². The highest BCUT2D eigenvalue weighted by molar-refractivity contribution is 8.05. The van der Waals surface area contributed by atoms with E-state index in [2.05, 4.69) is 0 Å². The number of ether oxygens (including phenoxy) is 1. The first-order valence-electron chi connectivity index (χ1n) is 11.0. The molecule has 1 heterocycles. The van der Waals surface area contributed by atoms with Gasteiger partial charge in [0.15, 0.2) is 0 Å². The molecule has 2 aliphatic carbocycles. The van der Waals surface area contributed by atoms with E-state index in [1.54, 1.807) is 6.92 Å². The molecule has 0 aromatic heterocycles. The minimum atomic E-state index is -4.36. The largest absolute Gasteiger partial charge is 0.465 e. The van der Waals surface area contributed by atoms with E-state index in [1.165, 1.54) is 11.8 Å². The Hall–Kier alpha value is -1.87. The minimum Gasteiger partial charge on any atom is -0.465 e. The second-order valence-corrected chi connectivity index (χ2v) is 12.3. The van der Waals surface area contributed by atoms with Crippen LogP contribution in [-0.4, -0.2) is 48.1 Å². The highest BCUT2D eigenvalue weighted by atomic mass is 32.2. The average molecular weight is 480 g/mol. The lowest BCUT2D eigenvalue weighted by Crippen LogP contribution is -2.45. The quantitative estimate of drug-likeness (QED) is 0.554. The Morgan fingerprint density at radius 2 is 1.94 bits per heavy atom. The van der Waals surface area contributed by atoms with Crippen molar-refractivity contribution in [2.45, 2.75) is 57.7 Å². The first-order chi connectivity index (χ1) is 15.1. The molecule has 7 nitrogen and oxygen atoms in total. The van der Waals surface area contributed by atoms with Crippen LogP contribution in [0.25, 0.3) is 0 Å². The molecule has 1 aromatic rings. The average Bonchev–Trinajstić information content (AvgIpc) is 3.21. The third kappa shape index (κ3) is 3.31. The van der Waals surface area contributed by atoms with Crippen LogP contribution in [0, 0.1) is 16.7 Å². The van der Waals surface area contributed by atoms with Crippen molar-refractivity contribution in [3.63, 3.8) is 0 Å². The Morgan fingerprint density at radius 1 is 1.25 bits per heavy atom. The number of fused-ring (bicyclic) bond motifs is 1. The van der Waals surface area contributed by atoms with Crippen LogP contribution >= 0.6 is 11.8 Å². The van der Waals surface area contributed by atoms with Crippen molar-refractivity contribution < 1.29 is 27.5 Å². The number of carbonyl (C=O) groups is 3. The summed E-state index contributed by atoms with van der Waals surface area (Å²) in [5.41, 5.74) is -0.637. The second kappa shape index (κ2) is 8.17. The fourth-order valence-electron chi connectivity index (χ4n) is 6.08. The molecule has 1 amide bonds. The van der Waals surface area contributed by atoms with E-state index >= 15 is 0 Å². The number of carbonyl (C=O) groups excluding carboxylic acids is 3. The van der Waals surface area contributed by atoms with Gasteiger partial charge in [0, 0.05) is 11.7 Å². The molecule has 0 N–H and O–H groups in total. The maximum absolute atomic E-state index is 13.5. The maximum atomic E-state index is 13.5. The van der Waals surface area contributed by atoms with Gasteiger partial charge in [0.1, 0.15) is 0 Å². The van der Waals surface area contributed by atoms with Crippen LogP contribution in [0.5, 0.6) is 0 Å². The standard InChI is InChI=1S/C23H29NO6S2/c1-4-30-20(26)14-31-17(15-8-6-5-7-9-15)13-19(25)24-18-12-16-10-11-23(18,22(16,2)3)21(27)32(24,28)29/h5-9,16-18H,4,10-14H2,1-3H3/t16-,17?,18-,23+/m1/s1. The zero-order valence-corrected chi connectivity index (χ0v) is 20.2. The lowest BCUT2D eigenvalue weighted by molar-refractivity contribution is -0.140. The monoisotopic (exact) mass is 479 g/mol. The van der Waals surface area contributed by atoms with Crippen LogP contribution in [-0.2, 0) is 29.1 Å². The molecule has 3 fully saturated rings. The fraction of sp³-hybridized carbons (Fsp3) is 0.609. The lowest BCUT2D eigenvalue weighted by Gasteiger charge is -2.35. The van der Waals surface area contributed by atoms with E-state index in [1.807, 2.05) is 44.2 Å². The molecular weight excluding hydrogens is 450 g/mol. The molecule has 32 heavy (non-hydrogen) atoms. The first kappa shape index (κ1) is 23.3. The number of nitrogens with zero attached hydrogens (tertiary/aromatic N) is 1. The van der Waals surface area contributed by atoms with E-state index < -0.39 is 43.2 Å². The van der Waals surface area contributed by atoms with E-state index in [0.29, 0.717) is 12.8 Å². The van der Waals surface area contributed by atoms with Crippen molar-refractivity contribution in [3.05, 3.63) is 35.9 Å². The molecule has 1 aliphatic heterocycles. The Bertz CT molecular complexity index is 1040. The van der Waals surface area contributed by atoms with Gasteiger partial charge in [-0.3, -0.25) is 14.4 Å². The highest BCUT2D eigenvalue weighted by Crippen LogP contribution is 2.70. The molecule has 174 valence electrons. The molecule has 3 aliphatic rings. The number of hydrogen-bond acceptors (Lipinski definition) is 7. The summed E-state index contributed by atoms with van der Waals surface area (Å²) in [5.74, 6) is -0.683. The summed E-state index contributed by atoms with van der Waals surface area (Å²) < 4.78 is 32.2. The Kier molecular flexibility index (Phi) is 5.94. The van der Waals surface area contributed by atoms with Gasteiger partial charge in [0.25, 0.3) is 5.12 Å². The van der Waals surface area contributed by atoms with E-state index in [0.717, 1.165) is 16.3 Å². The summed E-state index contributed by atoms with van der Waals surface area (Å²) in [6.07, 6.45) is 1.75. The van der Waals surface area contributed by atoms with Gasteiger partial charge in [-0.25, -0.2) is 4.31 Å². The molecule has 4 rings (SSSR count). The molecule has 2 bridgehead atoms. The van der Waals surface area contributed by atoms with Crippen molar-refractivity contribution in [2.24, 2.45) is 16.7 Å². The number of thioether (sulfide) groups is 1. The summed E-state index contributed by atoms with van der Waals surface area (Å²) >= 11 is 1.25. The smallest absolute Gasteiger partial charge is 0.315 e. The Morgan fingerprint density at radius 3 is 2.56 bits per heavy atom. The topological polar surface area (TPSA) is 97.8 Å². The van der Waals surface area contributed by atoms with E-state index in [-0.39, 0.29) is 30.7 Å². The van der Waals surface area contributed by atoms with E-state index in [4.69, 9.17) is 4.74 Å². The van der Waals surface area contributed by atoms with Crippen LogP contribution < -0.4 is 0 Å². The Labute approximate surface area is 193 Å². The predicted molar refractivity (Wildman–Crippen MR) is 121 cm³/mol. The van der Waals surface area contributed by atoms with Gasteiger partial charge in [-0.1, -0.05) is 44.2 Å². The third-order valence-corrected chi connectivity index (χ3v) is 10.8. The molecule has 4 atom stereocenters. The zero-order chi connectivity index (χ0) is 23.3. The molecule has 9 heteroatoms. The third-order valence-electron chi connectivity index (χ3n) is 7.76. The fourth-order valence-corrected chi connectivity index (χ4v) is 9.20. The van der Waals surface area contributed by atoms with Crippen molar-refractivity contribution in [1.29, 1.82) is 0 Å². The second-order valence-electron chi connectivity index (χ2n) is 9.38. The molecular formula is C23H29NO6S2. The predicted octanol–water partition coefficient (Wildman–Crippen LogP) is 3.31. The van der Waals surface area contributed by atoms with Gasteiger partial charge in [-0.05, 0) is 43.1 Å². The zero-order valence-electron chi connectivity index (χ0n) is 18.6. The van der Waals surface area contributed by atoms with Crippen molar-refractivity contribution in [2.75, 3.05) is 12.4 Å². The molecule has 2 saturated carbocycles. The molecule has 1 unspecified atom stereocenters. The number of rotatable bonds is 7. The summed E-state index contributed by atoms with van der Waals surface area (Å²) in [6, 6.07) is 8.61. The van der Waals surface area contributed by atoms with Crippen LogP contribution in [0.2, 0.25) is 0 Å². The van der Waals surface area contributed by atoms with Crippen LogP contribution in [0.1, 0.15) is 57.3 Å². The maximum Gasteiger partial charge on any atom is 0.315 e. The lowest BCUT2D eigenvalue weighted by atomic mass is 9.68. The van der Waals surface area contributed by atoms with Gasteiger partial charge in [0.05, 0.1) is 23.8 Å². The molecule has 0 radical (unpaired) electrons.